The van der Waals surface area contributed by atoms with Gasteiger partial charge in [0.1, 0.15) is 0 Å². The second-order valence-corrected chi connectivity index (χ2v) is 3.67. The van der Waals surface area contributed by atoms with Gasteiger partial charge in [0.15, 0.2) is 0 Å². The fourth-order valence-corrected chi connectivity index (χ4v) is 2.09. The lowest BCUT2D eigenvalue weighted by Gasteiger charge is -2.15. The first-order valence-corrected chi connectivity index (χ1v) is 3.86. The van der Waals surface area contributed by atoms with Crippen molar-refractivity contribution in [1.82, 2.24) is 0 Å². The van der Waals surface area contributed by atoms with Gasteiger partial charge in [0, 0.05) is 0 Å². The monoisotopic (exact) mass is 110 g/mol. The lowest BCUT2D eigenvalue weighted by atomic mass is 9.91. The smallest absolute Gasteiger partial charge is 0.0380 e. The minimum atomic E-state index is 1.05. The summed E-state index contributed by atoms with van der Waals surface area (Å²) >= 11 is 0. The van der Waals surface area contributed by atoms with Gasteiger partial charge < -0.3 is 0 Å². The van der Waals surface area contributed by atoms with Crippen LogP contribution in [0, 0.1) is 17.8 Å². The van der Waals surface area contributed by atoms with Crippen LogP contribution >= 0.6 is 0 Å². The lowest BCUT2D eigenvalue weighted by molar-refractivity contribution is 0.368. The van der Waals surface area contributed by atoms with Gasteiger partial charge in [-0.25, -0.2) is 0 Å². The third-order valence-electron chi connectivity index (χ3n) is 2.80. The van der Waals surface area contributed by atoms with Crippen LogP contribution in [0.3, 0.4) is 0 Å². The van der Waals surface area contributed by atoms with Gasteiger partial charge in [-0.3, -0.25) is 0 Å². The maximum atomic E-state index is 2.40. The predicted molar refractivity (Wildman–Crippen MR) is 34.6 cm³/mol. The second-order valence-electron chi connectivity index (χ2n) is 3.67. The van der Waals surface area contributed by atoms with Gasteiger partial charge in [-0.2, -0.15) is 0 Å². The van der Waals surface area contributed by atoms with Crippen LogP contribution in [-0.4, -0.2) is 0 Å². The fourth-order valence-electron chi connectivity index (χ4n) is 2.09. The Labute approximate surface area is 51.3 Å². The van der Waals surface area contributed by atoms with E-state index < -0.39 is 0 Å². The van der Waals surface area contributed by atoms with Gasteiger partial charge in [-0.15, -0.1) is 0 Å². The average Bonchev–Trinajstić information content (AvgIpc) is 2.43. The first-order chi connectivity index (χ1) is 3.86. The Bertz CT molecular complexity index is 96.2. The van der Waals surface area contributed by atoms with E-state index in [1.54, 1.807) is 19.3 Å². The molecule has 46 valence electrons. The van der Waals surface area contributed by atoms with Gasteiger partial charge in [0.2, 0.25) is 0 Å². The molecule has 2 aliphatic rings. The van der Waals surface area contributed by atoms with Crippen LogP contribution in [0.2, 0.25) is 0 Å². The van der Waals surface area contributed by atoms with Gasteiger partial charge in [-0.1, -0.05) is 13.3 Å². The van der Waals surface area contributed by atoms with Crippen LogP contribution in [0.25, 0.3) is 0 Å². The fraction of sp³-hybridized carbons (Fsp3) is 1.00. The van der Waals surface area contributed by atoms with Gasteiger partial charge in [0.25, 0.3) is 0 Å². The van der Waals surface area contributed by atoms with Crippen molar-refractivity contribution in [2.24, 2.45) is 17.8 Å². The van der Waals surface area contributed by atoms with Crippen molar-refractivity contribution in [3.05, 3.63) is 0 Å². The highest BCUT2D eigenvalue weighted by molar-refractivity contribution is 4.91. The van der Waals surface area contributed by atoms with Crippen molar-refractivity contribution in [3.63, 3.8) is 0 Å². The zero-order chi connectivity index (χ0) is 5.56. The molecule has 0 radical (unpaired) electrons. The lowest BCUT2D eigenvalue weighted by Crippen LogP contribution is -2.03. The van der Waals surface area contributed by atoms with Crippen molar-refractivity contribution in [2.45, 2.75) is 32.6 Å². The molecule has 0 heteroatoms. The minimum Gasteiger partial charge on any atom is -0.0625 e. The first-order valence-electron chi connectivity index (χ1n) is 3.86. The molecule has 0 amide bonds. The first kappa shape index (κ1) is 4.84. The quantitative estimate of drug-likeness (QED) is 0.449. The summed E-state index contributed by atoms with van der Waals surface area (Å²) in [6.07, 6.45) is 6.18. The van der Waals surface area contributed by atoms with E-state index in [1.807, 2.05) is 0 Å². The maximum Gasteiger partial charge on any atom is -0.0380 e. The zero-order valence-corrected chi connectivity index (χ0v) is 5.56. The molecular formula is C8H14. The molecule has 3 atom stereocenters. The summed E-state index contributed by atoms with van der Waals surface area (Å²) in [4.78, 5) is 0. The molecule has 0 saturated heterocycles. The third-order valence-corrected chi connectivity index (χ3v) is 2.80. The largest absolute Gasteiger partial charge is 0.0625 e. The molecule has 0 aromatic heterocycles. The summed E-state index contributed by atoms with van der Waals surface area (Å²) in [5.41, 5.74) is 0. The molecule has 0 aromatic carbocycles. The SMILES string of the molecule is CC1CCC2C[C@@H]2C1. The van der Waals surface area contributed by atoms with E-state index in [0.717, 1.165) is 5.92 Å². The van der Waals surface area contributed by atoms with Crippen LogP contribution in [-0.2, 0) is 0 Å². The molecule has 2 rings (SSSR count). The van der Waals surface area contributed by atoms with Crippen LogP contribution in [0.1, 0.15) is 32.6 Å². The maximum absolute atomic E-state index is 2.40. The van der Waals surface area contributed by atoms with E-state index >= 15 is 0 Å². The van der Waals surface area contributed by atoms with E-state index in [0.29, 0.717) is 0 Å². The molecule has 2 saturated carbocycles. The van der Waals surface area contributed by atoms with Crippen LogP contribution in [0.4, 0.5) is 0 Å². The van der Waals surface area contributed by atoms with E-state index in [9.17, 15) is 0 Å². The van der Waals surface area contributed by atoms with Gasteiger partial charge in [-0.05, 0) is 37.0 Å². The summed E-state index contributed by atoms with van der Waals surface area (Å²) in [5.74, 6) is 3.42. The number of hydrogen-bond acceptors (Lipinski definition) is 0. The molecule has 0 spiro atoms. The molecule has 0 nitrogen and oxygen atoms in total. The molecular weight excluding hydrogens is 96.1 g/mol. The van der Waals surface area contributed by atoms with Crippen LogP contribution in [0.5, 0.6) is 0 Å². The van der Waals surface area contributed by atoms with Crippen LogP contribution < -0.4 is 0 Å². The predicted octanol–water partition coefficient (Wildman–Crippen LogP) is 2.44. The van der Waals surface area contributed by atoms with E-state index in [1.165, 1.54) is 18.3 Å². The molecule has 2 aliphatic carbocycles. The molecule has 2 fully saturated rings. The average molecular weight is 110 g/mol. The highest BCUT2D eigenvalue weighted by Crippen LogP contribution is 2.51. The van der Waals surface area contributed by atoms with Crippen molar-refractivity contribution in [2.75, 3.05) is 0 Å². The van der Waals surface area contributed by atoms with Gasteiger partial charge in [0.05, 0.1) is 0 Å². The third kappa shape index (κ3) is 0.667. The van der Waals surface area contributed by atoms with Crippen molar-refractivity contribution < 1.29 is 0 Å². The zero-order valence-electron chi connectivity index (χ0n) is 5.56. The summed E-state index contributed by atoms with van der Waals surface area (Å²) in [6, 6.07) is 0. The van der Waals surface area contributed by atoms with Gasteiger partial charge >= 0.3 is 0 Å². The molecule has 0 bridgehead atoms. The normalized spacial score (nSPS) is 52.9. The Balaban J connectivity index is 1.93. The number of hydrogen-bond donors (Lipinski definition) is 0. The Kier molecular flexibility index (Phi) is 0.902. The standard InChI is InChI=1S/C8H14/c1-6-2-3-7-5-8(7)4-6/h6-8H,2-5H2,1H3/t6?,7?,8-/m0/s1. The summed E-state index contributed by atoms with van der Waals surface area (Å²) in [5, 5.41) is 0. The number of fused-ring (bicyclic) bond motifs is 1. The van der Waals surface area contributed by atoms with Crippen LogP contribution in [0.15, 0.2) is 0 Å². The molecule has 0 N–H and O–H groups in total. The molecule has 0 heterocycles. The Morgan fingerprint density at radius 1 is 1.00 bits per heavy atom. The van der Waals surface area contributed by atoms with E-state index in [4.69, 9.17) is 0 Å². The van der Waals surface area contributed by atoms with E-state index in [2.05, 4.69) is 6.92 Å². The highest BCUT2D eigenvalue weighted by atomic mass is 14.5. The summed E-state index contributed by atoms with van der Waals surface area (Å²) in [7, 11) is 0. The van der Waals surface area contributed by atoms with Crippen molar-refractivity contribution in [1.29, 1.82) is 0 Å². The Morgan fingerprint density at radius 3 is 2.50 bits per heavy atom. The molecule has 0 aliphatic heterocycles. The minimum absolute atomic E-state index is 1.05. The highest BCUT2D eigenvalue weighted by Gasteiger charge is 2.40. The Hall–Kier alpha value is 0. The molecule has 8 heavy (non-hydrogen) atoms. The topological polar surface area (TPSA) is 0 Å². The molecule has 2 unspecified atom stereocenters. The number of rotatable bonds is 0. The van der Waals surface area contributed by atoms with Crippen molar-refractivity contribution in [3.8, 4) is 0 Å². The molecule has 0 aromatic rings. The Morgan fingerprint density at radius 2 is 1.88 bits per heavy atom. The summed E-state index contributed by atoms with van der Waals surface area (Å²) < 4.78 is 0. The van der Waals surface area contributed by atoms with E-state index in [-0.39, 0.29) is 0 Å². The van der Waals surface area contributed by atoms with Crippen molar-refractivity contribution >= 4 is 0 Å². The summed E-state index contributed by atoms with van der Waals surface area (Å²) in [6.45, 7) is 2.40. The second kappa shape index (κ2) is 1.49.